The molecule has 152 valence electrons. The normalized spacial score (nSPS) is 10.6. The molecule has 0 aliphatic rings. The van der Waals surface area contributed by atoms with E-state index < -0.39 is 5.91 Å². The number of aromatic nitrogens is 1. The number of benzene rings is 1. The van der Waals surface area contributed by atoms with Crippen LogP contribution in [0.15, 0.2) is 40.1 Å². The number of aryl methyl sites for hydroxylation is 2. The molecule has 29 heavy (non-hydrogen) atoms. The molecule has 7 nitrogen and oxygen atoms in total. The fourth-order valence-corrected chi connectivity index (χ4v) is 3.42. The number of hydrogen-bond donors (Lipinski definition) is 1. The highest BCUT2D eigenvalue weighted by Gasteiger charge is 2.15. The lowest BCUT2D eigenvalue weighted by molar-refractivity contribution is -0.142. The summed E-state index contributed by atoms with van der Waals surface area (Å²) in [6.45, 7) is 6.25. The number of nitrogens with one attached hydrogen (secondary N) is 1. The minimum absolute atomic E-state index is 0.0702. The van der Waals surface area contributed by atoms with Crippen molar-refractivity contribution in [3.05, 3.63) is 64.1 Å². The molecule has 0 atom stereocenters. The van der Waals surface area contributed by atoms with Gasteiger partial charge in [-0.1, -0.05) is 18.2 Å². The highest BCUT2D eigenvalue weighted by Crippen LogP contribution is 2.24. The van der Waals surface area contributed by atoms with Gasteiger partial charge >= 0.3 is 5.97 Å². The lowest BCUT2D eigenvalue weighted by Gasteiger charge is -2.10. The van der Waals surface area contributed by atoms with Crippen molar-refractivity contribution in [1.82, 2.24) is 4.98 Å². The van der Waals surface area contributed by atoms with Crippen LogP contribution >= 0.6 is 11.3 Å². The number of amides is 1. The van der Waals surface area contributed by atoms with E-state index in [0.29, 0.717) is 23.2 Å². The number of para-hydroxylation sites is 1. The second-order valence-electron chi connectivity index (χ2n) is 6.36. The Bertz CT molecular complexity index is 988. The van der Waals surface area contributed by atoms with Gasteiger partial charge in [0.1, 0.15) is 18.1 Å². The molecule has 0 spiro atoms. The third kappa shape index (κ3) is 5.45. The zero-order chi connectivity index (χ0) is 20.8. The molecule has 1 N–H and O–H groups in total. The molecule has 0 aliphatic heterocycles. The summed E-state index contributed by atoms with van der Waals surface area (Å²) >= 11 is 1.23. The van der Waals surface area contributed by atoms with Gasteiger partial charge in [-0.2, -0.15) is 0 Å². The van der Waals surface area contributed by atoms with Crippen LogP contribution in [0, 0.1) is 13.8 Å². The molecule has 0 aliphatic carbocycles. The van der Waals surface area contributed by atoms with E-state index in [1.54, 1.807) is 24.4 Å². The summed E-state index contributed by atoms with van der Waals surface area (Å²) in [6, 6.07) is 9.23. The van der Waals surface area contributed by atoms with E-state index in [9.17, 15) is 9.59 Å². The summed E-state index contributed by atoms with van der Waals surface area (Å²) in [4.78, 5) is 28.1. The minimum Gasteiger partial charge on any atom is -0.485 e. The molecule has 3 rings (SSSR count). The Kier molecular flexibility index (Phi) is 6.66. The predicted octanol–water partition coefficient (Wildman–Crippen LogP) is 4.29. The standard InChI is InChI=1S/C21H22N2O5S/c1-4-26-18(24)10-15-12-29-21(22-15)23-20(25)17-9-8-16(28-17)11-27-19-13(2)6-5-7-14(19)3/h5-9,12H,4,10-11H2,1-3H3,(H,22,23,25). The van der Waals surface area contributed by atoms with Crippen molar-refractivity contribution in [2.24, 2.45) is 0 Å². The number of anilines is 1. The van der Waals surface area contributed by atoms with Gasteiger partial charge < -0.3 is 13.9 Å². The number of thiazole rings is 1. The number of nitrogens with zero attached hydrogens (tertiary/aromatic N) is 1. The molecule has 2 heterocycles. The van der Waals surface area contributed by atoms with Crippen LogP contribution in [0.5, 0.6) is 5.75 Å². The topological polar surface area (TPSA) is 90.7 Å². The zero-order valence-corrected chi connectivity index (χ0v) is 17.3. The van der Waals surface area contributed by atoms with Crippen molar-refractivity contribution in [3.63, 3.8) is 0 Å². The monoisotopic (exact) mass is 414 g/mol. The Labute approximate surface area is 172 Å². The number of furan rings is 1. The molecule has 2 aromatic heterocycles. The number of carbonyl (C=O) groups is 2. The van der Waals surface area contributed by atoms with Gasteiger partial charge in [0.25, 0.3) is 5.91 Å². The van der Waals surface area contributed by atoms with Crippen LogP contribution < -0.4 is 10.1 Å². The first-order valence-corrected chi connectivity index (χ1v) is 10.0. The lowest BCUT2D eigenvalue weighted by Crippen LogP contribution is -2.11. The second-order valence-corrected chi connectivity index (χ2v) is 7.21. The van der Waals surface area contributed by atoms with Crippen LogP contribution in [0.25, 0.3) is 0 Å². The highest BCUT2D eigenvalue weighted by atomic mass is 32.1. The van der Waals surface area contributed by atoms with E-state index in [1.165, 1.54) is 11.3 Å². The number of esters is 1. The van der Waals surface area contributed by atoms with Crippen LogP contribution in [-0.2, 0) is 22.6 Å². The van der Waals surface area contributed by atoms with Crippen LogP contribution in [0.3, 0.4) is 0 Å². The van der Waals surface area contributed by atoms with Gasteiger partial charge in [0.2, 0.25) is 0 Å². The first kappa shape index (κ1) is 20.6. The van der Waals surface area contributed by atoms with Gasteiger partial charge in [0.05, 0.1) is 18.7 Å². The largest absolute Gasteiger partial charge is 0.485 e. The third-order valence-corrected chi connectivity index (χ3v) is 4.86. The summed E-state index contributed by atoms with van der Waals surface area (Å²) < 4.78 is 16.3. The number of ether oxygens (including phenoxy) is 2. The van der Waals surface area contributed by atoms with Gasteiger partial charge in [-0.3, -0.25) is 14.9 Å². The summed E-state index contributed by atoms with van der Waals surface area (Å²) in [5, 5.41) is 4.77. The highest BCUT2D eigenvalue weighted by molar-refractivity contribution is 7.14. The number of carbonyl (C=O) groups excluding carboxylic acids is 2. The first-order valence-electron chi connectivity index (χ1n) is 9.15. The molecule has 0 unspecified atom stereocenters. The molecule has 3 aromatic rings. The quantitative estimate of drug-likeness (QED) is 0.553. The smallest absolute Gasteiger partial charge is 0.311 e. The molecule has 0 fully saturated rings. The third-order valence-electron chi connectivity index (χ3n) is 4.06. The van der Waals surface area contributed by atoms with E-state index in [4.69, 9.17) is 13.9 Å². The van der Waals surface area contributed by atoms with E-state index in [-0.39, 0.29) is 24.8 Å². The molecular weight excluding hydrogens is 392 g/mol. The molecule has 1 amide bonds. The number of hydrogen-bond acceptors (Lipinski definition) is 7. The molecule has 0 radical (unpaired) electrons. The maximum absolute atomic E-state index is 12.4. The van der Waals surface area contributed by atoms with E-state index in [1.807, 2.05) is 32.0 Å². The van der Waals surface area contributed by atoms with Crippen molar-refractivity contribution in [3.8, 4) is 5.75 Å². The van der Waals surface area contributed by atoms with Gasteiger partial charge in [-0.15, -0.1) is 11.3 Å². The summed E-state index contributed by atoms with van der Waals surface area (Å²) in [7, 11) is 0. The second kappa shape index (κ2) is 9.38. The Hall–Kier alpha value is -3.13. The molecule has 0 saturated heterocycles. The molecule has 8 heteroatoms. The van der Waals surface area contributed by atoms with Crippen molar-refractivity contribution >= 4 is 28.3 Å². The van der Waals surface area contributed by atoms with E-state index in [2.05, 4.69) is 10.3 Å². The summed E-state index contributed by atoms with van der Waals surface area (Å²) in [5.74, 6) is 0.745. The zero-order valence-electron chi connectivity index (χ0n) is 16.5. The van der Waals surface area contributed by atoms with E-state index in [0.717, 1.165) is 16.9 Å². The van der Waals surface area contributed by atoms with Crippen LogP contribution in [0.2, 0.25) is 0 Å². The summed E-state index contributed by atoms with van der Waals surface area (Å²) in [5.41, 5.74) is 2.62. The summed E-state index contributed by atoms with van der Waals surface area (Å²) in [6.07, 6.45) is 0.0702. The predicted molar refractivity (Wildman–Crippen MR) is 109 cm³/mol. The molecule has 1 aromatic carbocycles. The van der Waals surface area contributed by atoms with Crippen molar-refractivity contribution in [2.75, 3.05) is 11.9 Å². The molecule has 0 saturated carbocycles. The number of rotatable bonds is 8. The van der Waals surface area contributed by atoms with Crippen molar-refractivity contribution in [2.45, 2.75) is 33.8 Å². The minimum atomic E-state index is -0.416. The van der Waals surface area contributed by atoms with Crippen molar-refractivity contribution in [1.29, 1.82) is 0 Å². The average Bonchev–Trinajstić information content (AvgIpc) is 3.31. The van der Waals surface area contributed by atoms with Gasteiger partial charge in [-0.05, 0) is 44.0 Å². The van der Waals surface area contributed by atoms with Crippen LogP contribution in [0.4, 0.5) is 5.13 Å². The fourth-order valence-electron chi connectivity index (χ4n) is 2.71. The average molecular weight is 414 g/mol. The Morgan fingerprint density at radius 3 is 2.66 bits per heavy atom. The van der Waals surface area contributed by atoms with Gasteiger partial charge in [0.15, 0.2) is 10.9 Å². The SMILES string of the molecule is CCOC(=O)Cc1csc(NC(=O)c2ccc(COc3c(C)cccc3C)o2)n1. The molecular formula is C21H22N2O5S. The van der Waals surface area contributed by atoms with Crippen molar-refractivity contribution < 1.29 is 23.5 Å². The Morgan fingerprint density at radius 1 is 1.17 bits per heavy atom. The van der Waals surface area contributed by atoms with Gasteiger partial charge in [-0.25, -0.2) is 4.98 Å². The Morgan fingerprint density at radius 2 is 1.93 bits per heavy atom. The maximum Gasteiger partial charge on any atom is 0.311 e. The molecule has 0 bridgehead atoms. The van der Waals surface area contributed by atoms with Crippen LogP contribution in [0.1, 0.15) is 40.1 Å². The first-order chi connectivity index (χ1) is 14.0. The van der Waals surface area contributed by atoms with E-state index >= 15 is 0 Å². The Balaban J connectivity index is 1.57. The van der Waals surface area contributed by atoms with Gasteiger partial charge in [0, 0.05) is 5.38 Å². The lowest BCUT2D eigenvalue weighted by atomic mass is 10.1. The fraction of sp³-hybridized carbons (Fsp3) is 0.286. The maximum atomic E-state index is 12.4. The van der Waals surface area contributed by atoms with Crippen LogP contribution in [-0.4, -0.2) is 23.5 Å².